The van der Waals surface area contributed by atoms with E-state index in [1.807, 2.05) is 0 Å². The molecule has 2 amide bonds. The number of carbonyl (C=O) groups is 2. The van der Waals surface area contributed by atoms with Gasteiger partial charge in [0.1, 0.15) is 12.6 Å². The van der Waals surface area contributed by atoms with Crippen LogP contribution in [0.1, 0.15) is 155 Å². The minimum Gasteiger partial charge on any atom is -0.474 e. The molecular formula is C47H75N4O6+. The van der Waals surface area contributed by atoms with E-state index in [4.69, 9.17) is 9.47 Å². The van der Waals surface area contributed by atoms with E-state index in [9.17, 15) is 19.8 Å². The average molecular weight is 792 g/mol. The van der Waals surface area contributed by atoms with Crippen molar-refractivity contribution in [1.29, 1.82) is 0 Å². The van der Waals surface area contributed by atoms with E-state index in [-0.39, 0.29) is 48.1 Å². The first-order valence-electron chi connectivity index (χ1n) is 23.9. The highest BCUT2D eigenvalue weighted by Gasteiger charge is 2.51. The second kappa shape index (κ2) is 19.2. The lowest BCUT2D eigenvalue weighted by Crippen LogP contribution is -2.45. The number of amides is 2. The molecule has 318 valence electrons. The van der Waals surface area contributed by atoms with Crippen molar-refractivity contribution >= 4 is 17.7 Å². The van der Waals surface area contributed by atoms with Crippen LogP contribution in [0.5, 0.6) is 0 Å². The lowest BCUT2D eigenvalue weighted by Gasteiger charge is -2.42. The summed E-state index contributed by atoms with van der Waals surface area (Å²) in [5.41, 5.74) is 1.22. The van der Waals surface area contributed by atoms with Crippen molar-refractivity contribution in [3.8, 4) is 0 Å². The molecular weight excluding hydrogens is 717 g/mol. The van der Waals surface area contributed by atoms with E-state index in [0.717, 1.165) is 132 Å². The highest BCUT2D eigenvalue weighted by molar-refractivity contribution is 5.85. The molecule has 0 bridgehead atoms. The van der Waals surface area contributed by atoms with Crippen molar-refractivity contribution in [3.63, 3.8) is 0 Å². The maximum absolute atomic E-state index is 13.0. The third-order valence-corrected chi connectivity index (χ3v) is 16.0. The SMILES string of the molecule is CCC(=CC1=[N+](CCCNC(=O)C2CCC(O)CC2)C2CC3CCCCC3CC2O1)C=C1OC2CC3CCCCC3CC2N1CCCNC(=O)C1CCC(O)CC1. The largest absolute Gasteiger partial charge is 0.474 e. The second-order valence-electron chi connectivity index (χ2n) is 19.6. The molecule has 0 aromatic heterocycles. The number of carbonyl (C=O) groups excluding carboxylic acids is 2. The summed E-state index contributed by atoms with van der Waals surface area (Å²) in [6, 6.07) is 0.771. The van der Waals surface area contributed by atoms with Gasteiger partial charge in [-0.1, -0.05) is 51.9 Å². The molecule has 57 heavy (non-hydrogen) atoms. The normalized spacial score (nSPS) is 38.7. The highest BCUT2D eigenvalue weighted by atomic mass is 16.5. The van der Waals surface area contributed by atoms with Gasteiger partial charge in [0, 0.05) is 50.4 Å². The number of hydrogen-bond donors (Lipinski definition) is 4. The summed E-state index contributed by atoms with van der Waals surface area (Å²) in [5.74, 6) is 5.48. The molecule has 8 atom stereocenters. The van der Waals surface area contributed by atoms with Gasteiger partial charge in [0.25, 0.3) is 0 Å². The van der Waals surface area contributed by atoms with Crippen molar-refractivity contribution in [3.05, 3.63) is 23.6 Å². The molecule has 8 rings (SSSR count). The first kappa shape index (κ1) is 41.2. The first-order chi connectivity index (χ1) is 27.8. The van der Waals surface area contributed by atoms with Crippen LogP contribution in [-0.2, 0) is 19.1 Å². The lowest BCUT2D eigenvalue weighted by molar-refractivity contribution is -0.564. The van der Waals surface area contributed by atoms with E-state index in [0.29, 0.717) is 25.2 Å². The van der Waals surface area contributed by atoms with Crippen LogP contribution in [0.2, 0.25) is 0 Å². The Morgan fingerprint density at radius 1 is 0.702 bits per heavy atom. The van der Waals surface area contributed by atoms with Crippen molar-refractivity contribution in [1.82, 2.24) is 15.5 Å². The number of aliphatic hydroxyl groups excluding tert-OH is 2. The molecule has 8 aliphatic rings. The third-order valence-electron chi connectivity index (χ3n) is 16.0. The molecule has 0 aromatic carbocycles. The van der Waals surface area contributed by atoms with Gasteiger partial charge in [0.05, 0.1) is 24.3 Å². The van der Waals surface area contributed by atoms with Crippen LogP contribution < -0.4 is 10.6 Å². The van der Waals surface area contributed by atoms with Crippen molar-refractivity contribution < 1.29 is 33.9 Å². The summed E-state index contributed by atoms with van der Waals surface area (Å²) in [7, 11) is 0. The number of rotatable bonds is 13. The van der Waals surface area contributed by atoms with E-state index < -0.39 is 0 Å². The summed E-state index contributed by atoms with van der Waals surface area (Å²) in [4.78, 5) is 28.5. The van der Waals surface area contributed by atoms with Gasteiger partial charge in [-0.2, -0.15) is 4.58 Å². The molecule has 8 unspecified atom stereocenters. The number of allylic oxidation sites excluding steroid dienone is 2. The van der Waals surface area contributed by atoms with Crippen LogP contribution >= 0.6 is 0 Å². The zero-order valence-corrected chi connectivity index (χ0v) is 35.1. The minimum atomic E-state index is -0.249. The third kappa shape index (κ3) is 9.90. The fraction of sp³-hybridized carbons (Fsp3) is 0.851. The maximum atomic E-state index is 13.0. The molecule has 1 saturated heterocycles. The van der Waals surface area contributed by atoms with Gasteiger partial charge in [0.15, 0.2) is 18.0 Å². The standard InChI is InChI=1S/C47H74N4O6/c1-2-31(25-44-50(23-7-21-48-46(54)32-13-17-38(52)18-14-32)40-27-34-9-3-5-11-36(34)29-42(40)56-44)26-45-51(24-8-22-49-47(55)33-15-19-39(53)20-16-33)41-28-35-10-4-6-12-37(35)30-43(41)57-45/h25-26,32-43,52-53H,2-24,27-30H2,1H3,(H-,48,49,54,55)/p+1. The second-order valence-corrected chi connectivity index (χ2v) is 19.6. The summed E-state index contributed by atoms with van der Waals surface area (Å²) in [6.07, 6.45) is 28.7. The van der Waals surface area contributed by atoms with Crippen molar-refractivity contribution in [2.75, 3.05) is 26.2 Å². The van der Waals surface area contributed by atoms with Crippen molar-refractivity contribution in [2.45, 2.75) is 191 Å². The van der Waals surface area contributed by atoms with E-state index >= 15 is 0 Å². The average Bonchev–Trinajstić information content (AvgIpc) is 3.74. The number of ether oxygens (including phenoxy) is 2. The first-order valence-corrected chi connectivity index (χ1v) is 23.9. The predicted octanol–water partition coefficient (Wildman–Crippen LogP) is 6.73. The molecule has 2 aliphatic heterocycles. The van der Waals surface area contributed by atoms with Gasteiger partial charge in [-0.25, -0.2) is 0 Å². The van der Waals surface area contributed by atoms with Gasteiger partial charge >= 0.3 is 5.90 Å². The zero-order valence-electron chi connectivity index (χ0n) is 35.1. The Balaban J connectivity index is 0.974. The van der Waals surface area contributed by atoms with Crippen LogP contribution in [-0.4, -0.2) is 100 Å². The van der Waals surface area contributed by atoms with Crippen LogP contribution in [0.4, 0.5) is 0 Å². The Labute approximate surface area is 342 Å². The quantitative estimate of drug-likeness (QED) is 0.121. The number of aliphatic hydroxyl groups is 2. The van der Waals surface area contributed by atoms with E-state index in [1.54, 1.807) is 0 Å². The Kier molecular flexibility index (Phi) is 13.9. The monoisotopic (exact) mass is 792 g/mol. The van der Waals surface area contributed by atoms with Gasteiger partial charge in [-0.05, 0) is 119 Å². The summed E-state index contributed by atoms with van der Waals surface area (Å²) < 4.78 is 16.5. The van der Waals surface area contributed by atoms with E-state index in [2.05, 4.69) is 39.2 Å². The van der Waals surface area contributed by atoms with Crippen LogP contribution in [0, 0.1) is 35.5 Å². The fourth-order valence-electron chi connectivity index (χ4n) is 12.6. The summed E-state index contributed by atoms with van der Waals surface area (Å²) in [5, 5.41) is 26.3. The number of nitrogens with zero attached hydrogens (tertiary/aromatic N) is 2. The van der Waals surface area contributed by atoms with Crippen LogP contribution in [0.15, 0.2) is 23.6 Å². The Bertz CT molecular complexity index is 1480. The molecule has 7 fully saturated rings. The molecule has 2 heterocycles. The molecule has 10 nitrogen and oxygen atoms in total. The van der Waals surface area contributed by atoms with Crippen molar-refractivity contribution in [2.24, 2.45) is 35.5 Å². The fourth-order valence-corrected chi connectivity index (χ4v) is 12.6. The van der Waals surface area contributed by atoms with Crippen LogP contribution in [0.25, 0.3) is 0 Å². The molecule has 0 spiro atoms. The van der Waals surface area contributed by atoms with E-state index in [1.165, 1.54) is 69.8 Å². The molecule has 6 saturated carbocycles. The molecule has 0 radical (unpaired) electrons. The van der Waals surface area contributed by atoms with Gasteiger partial charge in [-0.3, -0.25) is 9.59 Å². The number of nitrogens with one attached hydrogen (secondary N) is 2. The van der Waals surface area contributed by atoms with Gasteiger partial charge in [0.2, 0.25) is 11.8 Å². The number of fused-ring (bicyclic) bond motifs is 4. The smallest absolute Gasteiger partial charge is 0.363 e. The van der Waals surface area contributed by atoms with Gasteiger partial charge in [-0.15, -0.1) is 0 Å². The number of hydrogen-bond acceptors (Lipinski definition) is 7. The maximum Gasteiger partial charge on any atom is 0.363 e. The predicted molar refractivity (Wildman–Crippen MR) is 221 cm³/mol. The van der Waals surface area contributed by atoms with Gasteiger partial charge < -0.3 is 35.2 Å². The molecule has 0 aromatic rings. The Morgan fingerprint density at radius 2 is 1.25 bits per heavy atom. The lowest BCUT2D eigenvalue weighted by atomic mass is 9.68. The van der Waals surface area contributed by atoms with Crippen LogP contribution in [0.3, 0.4) is 0 Å². The topological polar surface area (TPSA) is 123 Å². The molecule has 4 N–H and O–H groups in total. The Morgan fingerprint density at radius 3 is 1.84 bits per heavy atom. The summed E-state index contributed by atoms with van der Waals surface area (Å²) in [6.45, 7) is 5.30. The molecule has 10 heteroatoms. The minimum absolute atomic E-state index is 0.0288. The summed E-state index contributed by atoms with van der Waals surface area (Å²) >= 11 is 0. The Hall–Kier alpha value is -2.59. The highest BCUT2D eigenvalue weighted by Crippen LogP contribution is 2.47. The molecule has 6 aliphatic carbocycles. The zero-order chi connectivity index (χ0) is 39.3.